The molecular formula is C27H34N4O4. The number of carbonyl (C=O) groups excluding carboxylic acids is 2. The Morgan fingerprint density at radius 1 is 1.26 bits per heavy atom. The van der Waals surface area contributed by atoms with Gasteiger partial charge in [0.1, 0.15) is 11.6 Å². The molecule has 4 rings (SSSR count). The van der Waals surface area contributed by atoms with Crippen LogP contribution >= 0.6 is 0 Å². The van der Waals surface area contributed by atoms with Crippen molar-refractivity contribution in [2.45, 2.75) is 52.7 Å². The summed E-state index contributed by atoms with van der Waals surface area (Å²) in [6.45, 7) is 8.12. The molecule has 1 saturated heterocycles. The highest BCUT2D eigenvalue weighted by Crippen LogP contribution is 2.32. The molecular weight excluding hydrogens is 444 g/mol. The van der Waals surface area contributed by atoms with Gasteiger partial charge in [-0.05, 0) is 50.5 Å². The van der Waals surface area contributed by atoms with E-state index in [1.807, 2.05) is 42.2 Å². The fourth-order valence-corrected chi connectivity index (χ4v) is 4.75. The van der Waals surface area contributed by atoms with Gasteiger partial charge in [0.05, 0.1) is 29.8 Å². The fraction of sp³-hybridized carbons (Fsp3) is 0.444. The summed E-state index contributed by atoms with van der Waals surface area (Å²) in [6.07, 6.45) is 2.88. The molecule has 0 saturated carbocycles. The first-order valence-electron chi connectivity index (χ1n) is 12.3. The molecule has 0 spiro atoms. The van der Waals surface area contributed by atoms with Gasteiger partial charge in [-0.3, -0.25) is 9.59 Å². The van der Waals surface area contributed by atoms with Gasteiger partial charge in [-0.2, -0.15) is 0 Å². The quantitative estimate of drug-likeness (QED) is 0.481. The monoisotopic (exact) mass is 478 g/mol. The Balaban J connectivity index is 1.87. The van der Waals surface area contributed by atoms with Crippen LogP contribution in [0.4, 0.5) is 5.69 Å². The average Bonchev–Trinajstić information content (AvgIpc) is 3.50. The number of fused-ring (bicyclic) bond motifs is 1. The van der Waals surface area contributed by atoms with Crippen LogP contribution in [-0.2, 0) is 16.1 Å². The van der Waals surface area contributed by atoms with E-state index in [1.165, 1.54) is 6.92 Å². The van der Waals surface area contributed by atoms with E-state index >= 15 is 0 Å². The molecule has 1 fully saturated rings. The van der Waals surface area contributed by atoms with Gasteiger partial charge < -0.3 is 24.3 Å². The Kier molecular flexibility index (Phi) is 7.70. The van der Waals surface area contributed by atoms with Crippen LogP contribution in [0.5, 0.6) is 5.75 Å². The van der Waals surface area contributed by atoms with Crippen LogP contribution in [0.1, 0.15) is 50.4 Å². The third-order valence-electron chi connectivity index (χ3n) is 6.27. The molecule has 1 aliphatic rings. The second kappa shape index (κ2) is 10.9. The molecule has 3 aromatic rings. The van der Waals surface area contributed by atoms with Gasteiger partial charge in [0.2, 0.25) is 5.91 Å². The van der Waals surface area contributed by atoms with Crippen LogP contribution < -0.4 is 10.1 Å². The summed E-state index contributed by atoms with van der Waals surface area (Å²) in [6, 6.07) is 11.3. The largest absolute Gasteiger partial charge is 0.497 e. The highest BCUT2D eigenvalue weighted by Gasteiger charge is 2.27. The molecule has 0 aliphatic carbocycles. The lowest BCUT2D eigenvalue weighted by atomic mass is 10.1. The topological polar surface area (TPSA) is 85.7 Å². The molecule has 0 radical (unpaired) electrons. The van der Waals surface area contributed by atoms with E-state index in [-0.39, 0.29) is 17.9 Å². The van der Waals surface area contributed by atoms with Gasteiger partial charge in [-0.25, -0.2) is 4.98 Å². The van der Waals surface area contributed by atoms with E-state index in [4.69, 9.17) is 14.5 Å². The van der Waals surface area contributed by atoms with Crippen molar-refractivity contribution in [3.8, 4) is 17.1 Å². The second-order valence-corrected chi connectivity index (χ2v) is 8.87. The first-order chi connectivity index (χ1) is 16.9. The van der Waals surface area contributed by atoms with E-state index in [0.29, 0.717) is 36.4 Å². The molecule has 2 aromatic carbocycles. The summed E-state index contributed by atoms with van der Waals surface area (Å²) in [4.78, 5) is 32.6. The summed E-state index contributed by atoms with van der Waals surface area (Å²) in [5.74, 6) is 1.21. The standard InChI is InChI=1S/C27H34N4O4/c1-5-12-30(17-22-11-8-13-35-22)27(33)23-15-20(28-18(3)32)16-24-25(23)31(6-2)26(29-24)19-9-7-10-21(14-19)34-4/h7,9-10,14-16,22H,5-6,8,11-13,17H2,1-4H3,(H,28,32)/t22-/m0/s1. The van der Waals surface area contributed by atoms with Gasteiger partial charge in [0.15, 0.2) is 0 Å². The van der Waals surface area contributed by atoms with Gasteiger partial charge in [-0.15, -0.1) is 0 Å². The average molecular weight is 479 g/mol. The highest BCUT2D eigenvalue weighted by atomic mass is 16.5. The minimum atomic E-state index is -0.199. The minimum Gasteiger partial charge on any atom is -0.497 e. The predicted octanol–water partition coefficient (Wildman–Crippen LogP) is 4.72. The Morgan fingerprint density at radius 3 is 2.74 bits per heavy atom. The summed E-state index contributed by atoms with van der Waals surface area (Å²) in [7, 11) is 1.63. The van der Waals surface area contributed by atoms with Crippen LogP contribution in [0.2, 0.25) is 0 Å². The van der Waals surface area contributed by atoms with Gasteiger partial charge in [0.25, 0.3) is 5.91 Å². The third kappa shape index (κ3) is 5.32. The molecule has 1 N–H and O–H groups in total. The first-order valence-corrected chi connectivity index (χ1v) is 12.3. The lowest BCUT2D eigenvalue weighted by molar-refractivity contribution is -0.114. The number of hydrogen-bond acceptors (Lipinski definition) is 5. The second-order valence-electron chi connectivity index (χ2n) is 8.87. The number of amides is 2. The van der Waals surface area contributed by atoms with Crippen molar-refractivity contribution >= 4 is 28.5 Å². The van der Waals surface area contributed by atoms with E-state index in [2.05, 4.69) is 16.8 Å². The zero-order valence-electron chi connectivity index (χ0n) is 21.0. The van der Waals surface area contributed by atoms with Crippen molar-refractivity contribution in [2.24, 2.45) is 0 Å². The van der Waals surface area contributed by atoms with Crippen molar-refractivity contribution in [1.82, 2.24) is 14.5 Å². The number of aromatic nitrogens is 2. The van der Waals surface area contributed by atoms with Crippen LogP contribution in [0.3, 0.4) is 0 Å². The molecule has 1 atom stereocenters. The predicted molar refractivity (Wildman–Crippen MR) is 137 cm³/mol. The minimum absolute atomic E-state index is 0.0583. The van der Waals surface area contributed by atoms with Gasteiger partial charge in [-0.1, -0.05) is 19.1 Å². The molecule has 2 amide bonds. The number of aryl methyl sites for hydroxylation is 1. The summed E-state index contributed by atoms with van der Waals surface area (Å²) < 4.78 is 13.3. The smallest absolute Gasteiger partial charge is 0.256 e. The van der Waals surface area contributed by atoms with Crippen molar-refractivity contribution in [3.63, 3.8) is 0 Å². The molecule has 8 nitrogen and oxygen atoms in total. The number of hydrogen-bond donors (Lipinski definition) is 1. The summed E-state index contributed by atoms with van der Waals surface area (Å²) >= 11 is 0. The Hall–Kier alpha value is -3.39. The molecule has 35 heavy (non-hydrogen) atoms. The van der Waals surface area contributed by atoms with Crippen LogP contribution in [-0.4, -0.2) is 59.2 Å². The first kappa shape index (κ1) is 24.7. The van der Waals surface area contributed by atoms with E-state index in [0.717, 1.165) is 48.5 Å². The number of methoxy groups -OCH3 is 1. The molecule has 2 heterocycles. The van der Waals surface area contributed by atoms with E-state index in [1.54, 1.807) is 13.2 Å². The Bertz CT molecular complexity index is 1210. The molecule has 1 aromatic heterocycles. The van der Waals surface area contributed by atoms with E-state index in [9.17, 15) is 9.59 Å². The van der Waals surface area contributed by atoms with Crippen molar-refractivity contribution in [2.75, 3.05) is 32.1 Å². The molecule has 0 unspecified atom stereocenters. The number of imidazole rings is 1. The van der Waals surface area contributed by atoms with Gasteiger partial charge >= 0.3 is 0 Å². The highest BCUT2D eigenvalue weighted by molar-refractivity contribution is 6.08. The summed E-state index contributed by atoms with van der Waals surface area (Å²) in [5, 5.41) is 2.84. The zero-order valence-corrected chi connectivity index (χ0v) is 21.0. The molecule has 8 heteroatoms. The maximum absolute atomic E-state index is 14.0. The lowest BCUT2D eigenvalue weighted by Crippen LogP contribution is -2.38. The number of nitrogens with zero attached hydrogens (tertiary/aromatic N) is 3. The number of carbonyl (C=O) groups is 2. The fourth-order valence-electron chi connectivity index (χ4n) is 4.75. The number of anilines is 1. The molecule has 1 aliphatic heterocycles. The van der Waals surface area contributed by atoms with E-state index < -0.39 is 0 Å². The number of ether oxygens (including phenoxy) is 2. The molecule has 186 valence electrons. The van der Waals surface area contributed by atoms with Crippen molar-refractivity contribution in [3.05, 3.63) is 42.0 Å². The normalized spacial score (nSPS) is 15.4. The SMILES string of the molecule is CCCN(C[C@@H]1CCCO1)C(=O)c1cc(NC(C)=O)cc2nc(-c3cccc(OC)c3)n(CC)c12. The third-order valence-corrected chi connectivity index (χ3v) is 6.27. The molecule has 0 bridgehead atoms. The zero-order chi connectivity index (χ0) is 24.9. The van der Waals surface area contributed by atoms with Crippen LogP contribution in [0.15, 0.2) is 36.4 Å². The van der Waals surface area contributed by atoms with Crippen molar-refractivity contribution < 1.29 is 19.1 Å². The number of nitrogens with one attached hydrogen (secondary N) is 1. The maximum atomic E-state index is 14.0. The summed E-state index contributed by atoms with van der Waals surface area (Å²) in [5.41, 5.74) is 3.40. The Labute approximate surface area is 206 Å². The number of rotatable bonds is 9. The van der Waals surface area contributed by atoms with Crippen molar-refractivity contribution in [1.29, 1.82) is 0 Å². The Morgan fingerprint density at radius 2 is 2.09 bits per heavy atom. The maximum Gasteiger partial charge on any atom is 0.256 e. The lowest BCUT2D eigenvalue weighted by Gasteiger charge is -2.26. The van der Waals surface area contributed by atoms with Crippen LogP contribution in [0.25, 0.3) is 22.4 Å². The number of benzene rings is 2. The van der Waals surface area contributed by atoms with Crippen LogP contribution in [0, 0.1) is 0 Å². The van der Waals surface area contributed by atoms with Gasteiger partial charge in [0, 0.05) is 44.4 Å².